The SMILES string of the molecule is COc1cccc(C23CCN(C)CC2(O)CCC(O)C3)c1. The Morgan fingerprint density at radius 3 is 2.90 bits per heavy atom. The Morgan fingerprint density at radius 1 is 1.33 bits per heavy atom. The molecule has 3 atom stereocenters. The summed E-state index contributed by atoms with van der Waals surface area (Å²) in [5.41, 5.74) is -0.0479. The molecule has 1 aliphatic heterocycles. The molecule has 1 aliphatic carbocycles. The van der Waals surface area contributed by atoms with Crippen LogP contribution < -0.4 is 4.74 Å². The van der Waals surface area contributed by atoms with E-state index in [-0.39, 0.29) is 11.5 Å². The minimum absolute atomic E-state index is 0.333. The molecule has 0 aromatic heterocycles. The summed E-state index contributed by atoms with van der Waals surface area (Å²) in [5, 5.41) is 21.6. The van der Waals surface area contributed by atoms with Crippen molar-refractivity contribution >= 4 is 0 Å². The first kappa shape index (κ1) is 14.8. The highest BCUT2D eigenvalue weighted by Gasteiger charge is 2.56. The molecule has 2 aliphatic rings. The van der Waals surface area contributed by atoms with Gasteiger partial charge in [-0.1, -0.05) is 12.1 Å². The first-order valence-electron chi connectivity index (χ1n) is 7.73. The summed E-state index contributed by atoms with van der Waals surface area (Å²) in [6.45, 7) is 1.60. The van der Waals surface area contributed by atoms with Crippen LogP contribution in [0.2, 0.25) is 0 Å². The minimum Gasteiger partial charge on any atom is -0.497 e. The molecule has 21 heavy (non-hydrogen) atoms. The summed E-state index contributed by atoms with van der Waals surface area (Å²) in [6, 6.07) is 7.99. The zero-order valence-electron chi connectivity index (χ0n) is 12.9. The van der Waals surface area contributed by atoms with Gasteiger partial charge in [-0.05, 0) is 57.0 Å². The van der Waals surface area contributed by atoms with Gasteiger partial charge in [-0.15, -0.1) is 0 Å². The largest absolute Gasteiger partial charge is 0.497 e. The van der Waals surface area contributed by atoms with E-state index in [1.807, 2.05) is 18.2 Å². The van der Waals surface area contributed by atoms with Crippen molar-refractivity contribution in [1.82, 2.24) is 4.90 Å². The molecule has 2 N–H and O–H groups in total. The molecule has 0 bridgehead atoms. The van der Waals surface area contributed by atoms with Gasteiger partial charge < -0.3 is 19.8 Å². The molecule has 1 saturated heterocycles. The molecule has 1 heterocycles. The Hall–Kier alpha value is -1.10. The average molecular weight is 291 g/mol. The van der Waals surface area contributed by atoms with E-state index < -0.39 is 5.60 Å². The number of benzene rings is 1. The molecule has 0 spiro atoms. The second-order valence-corrected chi connectivity index (χ2v) is 6.73. The highest BCUT2D eigenvalue weighted by atomic mass is 16.5. The van der Waals surface area contributed by atoms with Crippen molar-refractivity contribution in [3.63, 3.8) is 0 Å². The van der Waals surface area contributed by atoms with Crippen molar-refractivity contribution in [2.75, 3.05) is 27.2 Å². The van der Waals surface area contributed by atoms with Gasteiger partial charge in [0.15, 0.2) is 0 Å². The summed E-state index contributed by atoms with van der Waals surface area (Å²) < 4.78 is 5.35. The fourth-order valence-corrected chi connectivity index (χ4v) is 4.26. The number of nitrogens with zero attached hydrogens (tertiary/aromatic N) is 1. The lowest BCUT2D eigenvalue weighted by molar-refractivity contribution is -0.138. The van der Waals surface area contributed by atoms with Crippen LogP contribution in [0.25, 0.3) is 0 Å². The van der Waals surface area contributed by atoms with Crippen LogP contribution in [0.5, 0.6) is 5.75 Å². The summed E-state index contributed by atoms with van der Waals surface area (Å²) in [4.78, 5) is 2.19. The summed E-state index contributed by atoms with van der Waals surface area (Å²) >= 11 is 0. The smallest absolute Gasteiger partial charge is 0.119 e. The van der Waals surface area contributed by atoms with Gasteiger partial charge in [0.05, 0.1) is 18.8 Å². The molecule has 3 rings (SSSR count). The van der Waals surface area contributed by atoms with Gasteiger partial charge in [-0.3, -0.25) is 0 Å². The molecular formula is C17H25NO3. The van der Waals surface area contributed by atoms with E-state index in [1.54, 1.807) is 7.11 Å². The lowest BCUT2D eigenvalue weighted by atomic mass is 9.55. The van der Waals surface area contributed by atoms with Gasteiger partial charge >= 0.3 is 0 Å². The van der Waals surface area contributed by atoms with E-state index in [0.29, 0.717) is 25.8 Å². The Labute approximate surface area is 126 Å². The molecule has 4 nitrogen and oxygen atoms in total. The van der Waals surface area contributed by atoms with Crippen LogP contribution in [0.4, 0.5) is 0 Å². The third-order valence-corrected chi connectivity index (χ3v) is 5.44. The normalized spacial score (nSPS) is 37.0. The first-order chi connectivity index (χ1) is 9.99. The molecule has 116 valence electrons. The highest BCUT2D eigenvalue weighted by Crippen LogP contribution is 2.51. The number of methoxy groups -OCH3 is 1. The monoisotopic (exact) mass is 291 g/mol. The van der Waals surface area contributed by atoms with Crippen molar-refractivity contribution in [3.05, 3.63) is 29.8 Å². The van der Waals surface area contributed by atoms with E-state index in [2.05, 4.69) is 18.0 Å². The second-order valence-electron chi connectivity index (χ2n) is 6.73. The number of β-amino-alcohol motifs (C(OH)–C–C–N with tert-alkyl or cyclic N) is 1. The van der Waals surface area contributed by atoms with Gasteiger partial charge in [0.25, 0.3) is 0 Å². The van der Waals surface area contributed by atoms with Crippen LogP contribution in [0.1, 0.15) is 31.2 Å². The number of hydrogen-bond acceptors (Lipinski definition) is 4. The fraction of sp³-hybridized carbons (Fsp3) is 0.647. The lowest BCUT2D eigenvalue weighted by Gasteiger charge is -2.57. The fourth-order valence-electron chi connectivity index (χ4n) is 4.26. The zero-order chi connectivity index (χ0) is 15.1. The molecule has 1 aromatic carbocycles. The number of aliphatic hydroxyl groups excluding tert-OH is 1. The molecule has 1 aromatic rings. The Bertz CT molecular complexity index is 521. The maximum absolute atomic E-state index is 11.4. The van der Waals surface area contributed by atoms with Crippen molar-refractivity contribution in [2.45, 2.75) is 42.8 Å². The van der Waals surface area contributed by atoms with Crippen LogP contribution in [0.15, 0.2) is 24.3 Å². The van der Waals surface area contributed by atoms with Crippen LogP contribution in [0, 0.1) is 0 Å². The summed E-state index contributed by atoms with van der Waals surface area (Å²) in [5.74, 6) is 0.809. The quantitative estimate of drug-likeness (QED) is 0.868. The number of rotatable bonds is 2. The van der Waals surface area contributed by atoms with Crippen LogP contribution in [0.3, 0.4) is 0 Å². The molecular weight excluding hydrogens is 266 g/mol. The highest BCUT2D eigenvalue weighted by molar-refractivity contribution is 5.38. The lowest BCUT2D eigenvalue weighted by Crippen LogP contribution is -2.65. The third-order valence-electron chi connectivity index (χ3n) is 5.44. The van der Waals surface area contributed by atoms with E-state index >= 15 is 0 Å². The van der Waals surface area contributed by atoms with Gasteiger partial charge in [0, 0.05) is 12.0 Å². The third kappa shape index (κ3) is 2.35. The first-order valence-corrected chi connectivity index (χ1v) is 7.73. The predicted octanol–water partition coefficient (Wildman–Crippen LogP) is 1.54. The summed E-state index contributed by atoms with van der Waals surface area (Å²) in [7, 11) is 3.71. The van der Waals surface area contributed by atoms with Gasteiger partial charge in [0.1, 0.15) is 5.75 Å². The zero-order valence-corrected chi connectivity index (χ0v) is 12.9. The Balaban J connectivity index is 2.07. The van der Waals surface area contributed by atoms with E-state index in [9.17, 15) is 10.2 Å². The number of ether oxygens (including phenoxy) is 1. The number of fused-ring (bicyclic) bond motifs is 1. The van der Waals surface area contributed by atoms with E-state index in [0.717, 1.165) is 24.3 Å². The molecule has 3 unspecified atom stereocenters. The molecule has 2 fully saturated rings. The van der Waals surface area contributed by atoms with Crippen LogP contribution >= 0.6 is 0 Å². The van der Waals surface area contributed by atoms with Gasteiger partial charge in [0.2, 0.25) is 0 Å². The van der Waals surface area contributed by atoms with Crippen molar-refractivity contribution in [3.8, 4) is 5.75 Å². The number of aliphatic hydroxyl groups is 2. The van der Waals surface area contributed by atoms with Crippen molar-refractivity contribution < 1.29 is 14.9 Å². The minimum atomic E-state index is -0.772. The maximum atomic E-state index is 11.4. The van der Waals surface area contributed by atoms with Crippen molar-refractivity contribution in [1.29, 1.82) is 0 Å². The molecule has 1 saturated carbocycles. The predicted molar refractivity (Wildman–Crippen MR) is 81.6 cm³/mol. The van der Waals surface area contributed by atoms with Crippen LogP contribution in [-0.2, 0) is 5.41 Å². The van der Waals surface area contributed by atoms with Crippen molar-refractivity contribution in [2.24, 2.45) is 0 Å². The molecule has 4 heteroatoms. The Kier molecular flexibility index (Phi) is 3.72. The topological polar surface area (TPSA) is 52.9 Å². The maximum Gasteiger partial charge on any atom is 0.119 e. The average Bonchev–Trinajstić information content (AvgIpc) is 2.48. The molecule has 0 amide bonds. The number of likely N-dealkylation sites (N-methyl/N-ethyl adjacent to an activating group) is 1. The van der Waals surface area contributed by atoms with E-state index in [4.69, 9.17) is 4.74 Å². The van der Waals surface area contributed by atoms with Gasteiger partial charge in [-0.25, -0.2) is 0 Å². The van der Waals surface area contributed by atoms with Gasteiger partial charge in [-0.2, -0.15) is 0 Å². The van der Waals surface area contributed by atoms with E-state index in [1.165, 1.54) is 0 Å². The van der Waals surface area contributed by atoms with Crippen LogP contribution in [-0.4, -0.2) is 54.1 Å². The number of likely N-dealkylation sites (tertiary alicyclic amines) is 1. The molecule has 0 radical (unpaired) electrons. The standard InChI is InChI=1S/C17H25NO3/c1-18-9-8-16(13-4-3-5-15(10-13)21-2)11-14(19)6-7-17(16,20)12-18/h3-5,10,14,19-20H,6-9,11-12H2,1-2H3. The number of hydrogen-bond donors (Lipinski definition) is 2. The summed E-state index contributed by atoms with van der Waals surface area (Å²) in [6.07, 6.45) is 2.49. The Morgan fingerprint density at radius 2 is 2.14 bits per heavy atom. The number of piperidine rings is 1. The second kappa shape index (κ2) is 5.27.